The zero-order valence-corrected chi connectivity index (χ0v) is 16.2. The van der Waals surface area contributed by atoms with Gasteiger partial charge in [0.15, 0.2) is 5.16 Å². The first-order chi connectivity index (χ1) is 12.5. The predicted octanol–water partition coefficient (Wildman–Crippen LogP) is 4.03. The molecule has 0 spiro atoms. The average molecular weight is 366 g/mol. The van der Waals surface area contributed by atoms with Crippen molar-refractivity contribution in [3.63, 3.8) is 0 Å². The van der Waals surface area contributed by atoms with Gasteiger partial charge in [0.2, 0.25) is 5.91 Å². The summed E-state index contributed by atoms with van der Waals surface area (Å²) in [6.07, 6.45) is 1.69. The van der Waals surface area contributed by atoms with E-state index in [4.69, 9.17) is 0 Å². The Bertz CT molecular complexity index is 907. The maximum atomic E-state index is 12.8. The lowest BCUT2D eigenvalue weighted by Crippen LogP contribution is -2.33. The molecule has 3 rings (SSSR count). The first kappa shape index (κ1) is 18.2. The van der Waals surface area contributed by atoms with Gasteiger partial charge >= 0.3 is 0 Å². The fraction of sp³-hybridized carbons (Fsp3) is 0.250. The van der Waals surface area contributed by atoms with Crippen LogP contribution in [0.15, 0.2) is 60.0 Å². The Labute approximate surface area is 158 Å². The zero-order valence-electron chi connectivity index (χ0n) is 15.4. The number of hydrogen-bond acceptors (Lipinski definition) is 4. The van der Waals surface area contributed by atoms with E-state index in [2.05, 4.69) is 42.2 Å². The minimum absolute atomic E-state index is 0.0244. The number of carbonyl (C=O) groups is 1. The normalized spacial score (nSPS) is 12.0. The van der Waals surface area contributed by atoms with Crippen molar-refractivity contribution in [3.05, 3.63) is 66.0 Å². The molecule has 5 nitrogen and oxygen atoms in total. The first-order valence-corrected chi connectivity index (χ1v) is 9.32. The third-order valence-corrected chi connectivity index (χ3v) is 5.28. The third-order valence-electron chi connectivity index (χ3n) is 4.23. The topological polar surface area (TPSA) is 51.0 Å². The number of aromatic nitrogens is 3. The molecule has 1 amide bonds. The summed E-state index contributed by atoms with van der Waals surface area (Å²) in [6, 6.07) is 15.9. The summed E-state index contributed by atoms with van der Waals surface area (Å²) in [4.78, 5) is 14.5. The third kappa shape index (κ3) is 3.80. The van der Waals surface area contributed by atoms with Crippen molar-refractivity contribution in [2.24, 2.45) is 0 Å². The second-order valence-corrected chi connectivity index (χ2v) is 7.57. The van der Waals surface area contributed by atoms with Crippen molar-refractivity contribution in [3.8, 4) is 5.69 Å². The molecule has 0 N–H and O–H groups in total. The second-order valence-electron chi connectivity index (χ2n) is 6.27. The van der Waals surface area contributed by atoms with E-state index in [-0.39, 0.29) is 11.2 Å². The number of carbonyl (C=O) groups excluding carboxylic acids is 1. The molecule has 1 aromatic heterocycles. The molecule has 1 atom stereocenters. The molecule has 26 heavy (non-hydrogen) atoms. The van der Waals surface area contributed by atoms with Crippen molar-refractivity contribution in [2.45, 2.75) is 31.2 Å². The molecule has 0 aliphatic heterocycles. The molecule has 0 saturated carbocycles. The van der Waals surface area contributed by atoms with Crippen LogP contribution in [0.1, 0.15) is 18.1 Å². The highest BCUT2D eigenvalue weighted by Crippen LogP contribution is 2.27. The lowest BCUT2D eigenvalue weighted by atomic mass is 10.1. The number of hydrogen-bond donors (Lipinski definition) is 0. The van der Waals surface area contributed by atoms with Gasteiger partial charge in [-0.3, -0.25) is 9.36 Å². The van der Waals surface area contributed by atoms with Crippen LogP contribution in [-0.2, 0) is 4.79 Å². The Balaban J connectivity index is 1.79. The molecule has 0 radical (unpaired) electrons. The van der Waals surface area contributed by atoms with Crippen LogP contribution in [0.4, 0.5) is 5.69 Å². The Morgan fingerprint density at radius 1 is 1.15 bits per heavy atom. The maximum Gasteiger partial charge on any atom is 0.240 e. The van der Waals surface area contributed by atoms with Crippen molar-refractivity contribution >= 4 is 23.4 Å². The SMILES string of the molecule is Cc1ccc(-n2cnnc2S[C@H](C)C(=O)N(C)c2ccccc2)c(C)c1. The van der Waals surface area contributed by atoms with Gasteiger partial charge in [-0.05, 0) is 44.5 Å². The van der Waals surface area contributed by atoms with Gasteiger partial charge in [-0.25, -0.2) is 0 Å². The molecule has 0 saturated heterocycles. The van der Waals surface area contributed by atoms with Crippen molar-refractivity contribution in [2.75, 3.05) is 11.9 Å². The molecule has 0 aliphatic carbocycles. The number of rotatable bonds is 5. The van der Waals surface area contributed by atoms with Crippen LogP contribution in [0.2, 0.25) is 0 Å². The van der Waals surface area contributed by atoms with Crippen molar-refractivity contribution in [1.29, 1.82) is 0 Å². The molecular weight excluding hydrogens is 344 g/mol. The predicted molar refractivity (Wildman–Crippen MR) is 106 cm³/mol. The summed E-state index contributed by atoms with van der Waals surface area (Å²) in [5.41, 5.74) is 4.26. The minimum Gasteiger partial charge on any atom is -0.315 e. The molecule has 6 heteroatoms. The lowest BCUT2D eigenvalue weighted by Gasteiger charge is -2.21. The molecular formula is C20H22N4OS. The summed E-state index contributed by atoms with van der Waals surface area (Å²) < 4.78 is 1.94. The van der Waals surface area contributed by atoms with Gasteiger partial charge in [0.1, 0.15) is 6.33 Å². The van der Waals surface area contributed by atoms with Crippen LogP contribution >= 0.6 is 11.8 Å². The van der Waals surface area contributed by atoms with Gasteiger partial charge in [0, 0.05) is 12.7 Å². The summed E-state index contributed by atoms with van der Waals surface area (Å²) in [5, 5.41) is 8.68. The van der Waals surface area contributed by atoms with Gasteiger partial charge in [0.05, 0.1) is 10.9 Å². The van der Waals surface area contributed by atoms with Crippen LogP contribution in [0.3, 0.4) is 0 Å². The number of aryl methyl sites for hydroxylation is 2. The van der Waals surface area contributed by atoms with Crippen LogP contribution in [0, 0.1) is 13.8 Å². The standard InChI is InChI=1S/C20H22N4OS/c1-14-10-11-18(15(2)12-14)24-13-21-22-20(24)26-16(3)19(25)23(4)17-8-6-5-7-9-17/h5-13,16H,1-4H3/t16-/m1/s1. The summed E-state index contributed by atoms with van der Waals surface area (Å²) in [5.74, 6) is 0.0244. The fourth-order valence-corrected chi connectivity index (χ4v) is 3.73. The molecule has 1 heterocycles. The number of amides is 1. The molecule has 0 bridgehead atoms. The number of para-hydroxylation sites is 1. The number of anilines is 1. The maximum absolute atomic E-state index is 12.8. The Morgan fingerprint density at radius 3 is 2.58 bits per heavy atom. The molecule has 0 unspecified atom stereocenters. The van der Waals surface area contributed by atoms with Crippen LogP contribution in [0.5, 0.6) is 0 Å². The molecule has 3 aromatic rings. The quantitative estimate of drug-likeness (QED) is 0.640. The average Bonchev–Trinajstić information content (AvgIpc) is 3.09. The van der Waals surface area contributed by atoms with Gasteiger partial charge in [-0.15, -0.1) is 10.2 Å². The number of thioether (sulfide) groups is 1. The van der Waals surface area contributed by atoms with E-state index in [1.807, 2.05) is 41.8 Å². The van der Waals surface area contributed by atoms with Crippen molar-refractivity contribution in [1.82, 2.24) is 14.8 Å². The summed E-state index contributed by atoms with van der Waals surface area (Å²) >= 11 is 1.41. The van der Waals surface area contributed by atoms with E-state index in [1.165, 1.54) is 17.3 Å². The van der Waals surface area contributed by atoms with Crippen molar-refractivity contribution < 1.29 is 4.79 Å². The molecule has 0 aliphatic rings. The van der Waals surface area contributed by atoms with E-state index < -0.39 is 0 Å². The Kier molecular flexibility index (Phi) is 5.42. The smallest absolute Gasteiger partial charge is 0.240 e. The summed E-state index contributed by atoms with van der Waals surface area (Å²) in [6.45, 7) is 6.03. The van der Waals surface area contributed by atoms with Gasteiger partial charge in [-0.1, -0.05) is 47.7 Å². The minimum atomic E-state index is -0.283. The van der Waals surface area contributed by atoms with Gasteiger partial charge in [0.25, 0.3) is 0 Å². The van der Waals surface area contributed by atoms with Crippen LogP contribution < -0.4 is 4.90 Å². The number of nitrogens with zero attached hydrogens (tertiary/aromatic N) is 4. The molecule has 134 valence electrons. The highest BCUT2D eigenvalue weighted by molar-refractivity contribution is 8.00. The van der Waals surface area contributed by atoms with Crippen LogP contribution in [-0.4, -0.2) is 33.0 Å². The highest BCUT2D eigenvalue weighted by Gasteiger charge is 2.22. The Hall–Kier alpha value is -2.60. The highest BCUT2D eigenvalue weighted by atomic mass is 32.2. The molecule has 2 aromatic carbocycles. The summed E-state index contributed by atoms with van der Waals surface area (Å²) in [7, 11) is 1.80. The lowest BCUT2D eigenvalue weighted by molar-refractivity contribution is -0.117. The Morgan fingerprint density at radius 2 is 1.88 bits per heavy atom. The van der Waals surface area contributed by atoms with Gasteiger partial charge < -0.3 is 4.90 Å². The fourth-order valence-electron chi connectivity index (χ4n) is 2.81. The van der Waals surface area contributed by atoms with Crippen LogP contribution in [0.25, 0.3) is 5.69 Å². The second kappa shape index (κ2) is 7.74. The van der Waals surface area contributed by atoms with E-state index in [9.17, 15) is 4.79 Å². The van der Waals surface area contributed by atoms with E-state index >= 15 is 0 Å². The van der Waals surface area contributed by atoms with Gasteiger partial charge in [-0.2, -0.15) is 0 Å². The van der Waals surface area contributed by atoms with E-state index in [0.717, 1.165) is 16.9 Å². The number of benzene rings is 2. The largest absolute Gasteiger partial charge is 0.315 e. The molecule has 0 fully saturated rings. The van der Waals surface area contributed by atoms with E-state index in [0.29, 0.717) is 5.16 Å². The monoisotopic (exact) mass is 366 g/mol. The first-order valence-electron chi connectivity index (χ1n) is 8.44. The zero-order chi connectivity index (χ0) is 18.7. The van der Waals surface area contributed by atoms with E-state index in [1.54, 1.807) is 18.3 Å².